The van der Waals surface area contributed by atoms with Crippen LogP contribution in [0.2, 0.25) is 0 Å². The predicted octanol–water partition coefficient (Wildman–Crippen LogP) is 15.6. The minimum Gasteiger partial charge on any atom is -0.310 e. The second-order valence-electron chi connectivity index (χ2n) is 15.0. The van der Waals surface area contributed by atoms with Gasteiger partial charge in [-0.25, -0.2) is 0 Å². The van der Waals surface area contributed by atoms with Crippen molar-refractivity contribution >= 4 is 60.4 Å². The van der Waals surface area contributed by atoms with E-state index in [9.17, 15) is 0 Å². The molecule has 1 heterocycles. The third-order valence-corrected chi connectivity index (χ3v) is 11.6. The average Bonchev–Trinajstić information content (AvgIpc) is 3.65. The lowest BCUT2D eigenvalue weighted by atomic mass is 9.99. The molecule has 0 aliphatic rings. The van der Waals surface area contributed by atoms with Crippen LogP contribution < -0.4 is 4.90 Å². The van der Waals surface area contributed by atoms with Crippen LogP contribution in [0.1, 0.15) is 0 Å². The summed E-state index contributed by atoms with van der Waals surface area (Å²) in [5, 5.41) is 7.62. The summed E-state index contributed by atoms with van der Waals surface area (Å²) in [6, 6.07) is 83.6. The van der Waals surface area contributed by atoms with Gasteiger partial charge in [0.2, 0.25) is 0 Å². The van der Waals surface area contributed by atoms with Crippen molar-refractivity contribution < 1.29 is 0 Å². The molecule has 11 aromatic rings. The van der Waals surface area contributed by atoms with Crippen LogP contribution in [0.3, 0.4) is 0 Å². The normalized spacial score (nSPS) is 11.4. The van der Waals surface area contributed by atoms with Gasteiger partial charge in [-0.1, -0.05) is 170 Å². The molecule has 0 unspecified atom stereocenters. The van der Waals surface area contributed by atoms with Crippen molar-refractivity contribution in [2.75, 3.05) is 4.90 Å². The molecule has 2 nitrogen and oxygen atoms in total. The lowest BCUT2D eigenvalue weighted by Gasteiger charge is -2.28. The van der Waals surface area contributed by atoms with E-state index in [4.69, 9.17) is 0 Å². The quantitative estimate of drug-likeness (QED) is 0.158. The van der Waals surface area contributed by atoms with Gasteiger partial charge in [0.05, 0.1) is 16.7 Å². The van der Waals surface area contributed by atoms with Crippen LogP contribution in [0.4, 0.5) is 17.1 Å². The number of nitrogens with zero attached hydrogens (tertiary/aromatic N) is 2. The maximum atomic E-state index is 2.40. The van der Waals surface area contributed by atoms with Crippen molar-refractivity contribution in [1.29, 1.82) is 0 Å². The number of benzene rings is 10. The first-order valence-corrected chi connectivity index (χ1v) is 19.9. The van der Waals surface area contributed by atoms with E-state index >= 15 is 0 Å². The number of aromatic nitrogens is 1. The molecule has 0 N–H and O–H groups in total. The van der Waals surface area contributed by atoms with Crippen LogP contribution in [0, 0.1) is 0 Å². The molecule has 58 heavy (non-hydrogen) atoms. The Bertz CT molecular complexity index is 3250. The van der Waals surface area contributed by atoms with E-state index in [0.29, 0.717) is 0 Å². The van der Waals surface area contributed by atoms with Crippen molar-refractivity contribution in [1.82, 2.24) is 4.57 Å². The van der Waals surface area contributed by atoms with E-state index in [0.717, 1.165) is 22.7 Å². The summed E-state index contributed by atoms with van der Waals surface area (Å²) in [5.41, 5.74) is 14.0. The van der Waals surface area contributed by atoms with Crippen molar-refractivity contribution in [3.05, 3.63) is 231 Å². The lowest BCUT2D eigenvalue weighted by molar-refractivity contribution is 1.18. The van der Waals surface area contributed by atoms with E-state index in [1.807, 2.05) is 0 Å². The summed E-state index contributed by atoms with van der Waals surface area (Å²) in [6.07, 6.45) is 0. The van der Waals surface area contributed by atoms with Gasteiger partial charge < -0.3 is 9.47 Å². The van der Waals surface area contributed by atoms with Crippen molar-refractivity contribution in [3.63, 3.8) is 0 Å². The molecule has 272 valence electrons. The summed E-state index contributed by atoms with van der Waals surface area (Å²) in [6.45, 7) is 0. The monoisotopic (exact) mass is 738 g/mol. The Morgan fingerprint density at radius 2 is 0.845 bits per heavy atom. The lowest BCUT2D eigenvalue weighted by Crippen LogP contribution is -2.11. The molecule has 0 atom stereocenters. The molecule has 0 amide bonds. The van der Waals surface area contributed by atoms with Gasteiger partial charge in [-0.15, -0.1) is 0 Å². The molecule has 0 radical (unpaired) electrons. The third-order valence-electron chi connectivity index (χ3n) is 11.6. The summed E-state index contributed by atoms with van der Waals surface area (Å²) in [5.74, 6) is 0. The maximum absolute atomic E-state index is 2.40. The molecular weight excluding hydrogens is 701 g/mol. The molecule has 0 fully saturated rings. The number of hydrogen-bond donors (Lipinski definition) is 0. The Morgan fingerprint density at radius 1 is 0.310 bits per heavy atom. The standard InChI is InChI=1S/C56H38N2/c1-2-13-43(14-3-1)50-17-8-10-20-53(50)57(48-33-28-42(29-34-48)46-23-22-39-12-4-5-16-45(39)38-46)47-31-24-40(25-32-47)41-26-35-49(36-27-41)58-54-21-11-9-19-52(54)56-51-18-7-6-15-44(51)30-37-55(56)58/h1-38H. The van der Waals surface area contributed by atoms with Gasteiger partial charge in [-0.05, 0) is 110 Å². The van der Waals surface area contributed by atoms with Gasteiger partial charge in [0.1, 0.15) is 0 Å². The molecule has 2 heteroatoms. The number of anilines is 3. The number of fused-ring (bicyclic) bond motifs is 6. The highest BCUT2D eigenvalue weighted by Gasteiger charge is 2.18. The zero-order chi connectivity index (χ0) is 38.4. The van der Waals surface area contributed by atoms with Crippen LogP contribution in [0.15, 0.2) is 231 Å². The third kappa shape index (κ3) is 5.82. The van der Waals surface area contributed by atoms with E-state index in [1.165, 1.54) is 76.7 Å². The fraction of sp³-hybridized carbons (Fsp3) is 0. The second-order valence-corrected chi connectivity index (χ2v) is 15.0. The zero-order valence-corrected chi connectivity index (χ0v) is 31.8. The average molecular weight is 739 g/mol. The summed E-state index contributed by atoms with van der Waals surface area (Å²) in [7, 11) is 0. The Kier molecular flexibility index (Phi) is 8.19. The smallest absolute Gasteiger partial charge is 0.0547 e. The SMILES string of the molecule is c1ccc(-c2ccccc2N(c2ccc(-c3ccc(-n4c5ccccc5c5c6ccccc6ccc54)cc3)cc2)c2ccc(-c3ccc4ccccc4c3)cc2)cc1. The minimum atomic E-state index is 1.10. The van der Waals surface area contributed by atoms with Gasteiger partial charge in [0.15, 0.2) is 0 Å². The van der Waals surface area contributed by atoms with Crippen LogP contribution in [-0.4, -0.2) is 4.57 Å². The van der Waals surface area contributed by atoms with E-state index in [1.54, 1.807) is 0 Å². The number of hydrogen-bond acceptors (Lipinski definition) is 1. The predicted molar refractivity (Wildman–Crippen MR) is 247 cm³/mol. The Labute approximate surface area is 338 Å². The van der Waals surface area contributed by atoms with Crippen molar-refractivity contribution in [2.24, 2.45) is 0 Å². The van der Waals surface area contributed by atoms with Gasteiger partial charge in [-0.2, -0.15) is 0 Å². The molecule has 0 aliphatic carbocycles. The second kappa shape index (κ2) is 14.1. The zero-order valence-electron chi connectivity index (χ0n) is 31.8. The first kappa shape index (κ1) is 33.6. The first-order valence-electron chi connectivity index (χ1n) is 19.9. The van der Waals surface area contributed by atoms with Crippen LogP contribution in [0.25, 0.3) is 82.4 Å². The Balaban J connectivity index is 0.966. The van der Waals surface area contributed by atoms with E-state index in [-0.39, 0.29) is 0 Å². The Hall–Kier alpha value is -7.68. The highest BCUT2D eigenvalue weighted by Crippen LogP contribution is 2.42. The summed E-state index contributed by atoms with van der Waals surface area (Å²) >= 11 is 0. The molecule has 0 saturated carbocycles. The molecule has 0 bridgehead atoms. The van der Waals surface area contributed by atoms with Gasteiger partial charge >= 0.3 is 0 Å². The molecule has 0 spiro atoms. The van der Waals surface area contributed by atoms with E-state index in [2.05, 4.69) is 240 Å². The largest absolute Gasteiger partial charge is 0.310 e. The maximum Gasteiger partial charge on any atom is 0.0547 e. The van der Waals surface area contributed by atoms with Crippen molar-refractivity contribution in [2.45, 2.75) is 0 Å². The minimum absolute atomic E-state index is 1.10. The fourth-order valence-corrected chi connectivity index (χ4v) is 8.75. The highest BCUT2D eigenvalue weighted by atomic mass is 15.1. The molecule has 0 saturated heterocycles. The highest BCUT2D eigenvalue weighted by molar-refractivity contribution is 6.21. The topological polar surface area (TPSA) is 8.17 Å². The van der Waals surface area contributed by atoms with Crippen molar-refractivity contribution in [3.8, 4) is 39.1 Å². The van der Waals surface area contributed by atoms with Crippen LogP contribution in [-0.2, 0) is 0 Å². The molecule has 1 aromatic heterocycles. The van der Waals surface area contributed by atoms with Gasteiger partial charge in [0.25, 0.3) is 0 Å². The molecule has 10 aromatic carbocycles. The van der Waals surface area contributed by atoms with Gasteiger partial charge in [-0.3, -0.25) is 0 Å². The van der Waals surface area contributed by atoms with Crippen LogP contribution >= 0.6 is 0 Å². The number of para-hydroxylation sites is 2. The summed E-state index contributed by atoms with van der Waals surface area (Å²) in [4.78, 5) is 2.38. The molecule has 0 aliphatic heterocycles. The number of rotatable bonds is 7. The summed E-state index contributed by atoms with van der Waals surface area (Å²) < 4.78 is 2.40. The molecule has 11 rings (SSSR count). The van der Waals surface area contributed by atoms with Crippen LogP contribution in [0.5, 0.6) is 0 Å². The fourth-order valence-electron chi connectivity index (χ4n) is 8.75. The first-order chi connectivity index (χ1) is 28.8. The Morgan fingerprint density at radius 3 is 1.59 bits per heavy atom. The van der Waals surface area contributed by atoms with E-state index < -0.39 is 0 Å². The molecular formula is C56H38N2. The van der Waals surface area contributed by atoms with Gasteiger partial charge in [0, 0.05) is 33.4 Å².